The lowest BCUT2D eigenvalue weighted by atomic mass is 9.93. The Balaban J connectivity index is 1.49. The number of anilines is 1. The number of amides is 2. The van der Waals surface area contributed by atoms with Crippen LogP contribution in [0.2, 0.25) is 0 Å². The first-order valence-electron chi connectivity index (χ1n) is 13.1. The van der Waals surface area contributed by atoms with Crippen molar-refractivity contribution in [2.75, 3.05) is 38.0 Å². The number of hydrogen-bond acceptors (Lipinski definition) is 7. The fourth-order valence-electron chi connectivity index (χ4n) is 4.78. The summed E-state index contributed by atoms with van der Waals surface area (Å²) in [7, 11) is 0. The Hall–Kier alpha value is -2.96. The highest BCUT2D eigenvalue weighted by atomic mass is 32.2. The molecule has 0 spiro atoms. The van der Waals surface area contributed by atoms with Crippen molar-refractivity contribution in [2.24, 2.45) is 23.3 Å². The van der Waals surface area contributed by atoms with Crippen LogP contribution in [-0.2, 0) is 27.4 Å². The third-order valence-electron chi connectivity index (χ3n) is 7.19. The number of nitrogens with one attached hydrogen (secondary N) is 4. The molecule has 4 rings (SSSR count). The average molecular weight is 540 g/mol. The molecule has 0 aromatic heterocycles. The van der Waals surface area contributed by atoms with Crippen LogP contribution >= 0.6 is 0 Å². The summed E-state index contributed by atoms with van der Waals surface area (Å²) in [6, 6.07) is 13.3. The summed E-state index contributed by atoms with van der Waals surface area (Å²) in [5.41, 5.74) is 13.3. The van der Waals surface area contributed by atoms with Crippen molar-refractivity contribution in [2.45, 2.75) is 36.6 Å². The van der Waals surface area contributed by atoms with E-state index in [9.17, 15) is 14.1 Å². The second-order valence-corrected chi connectivity index (χ2v) is 11.2. The first kappa shape index (κ1) is 28.1. The van der Waals surface area contributed by atoms with Crippen molar-refractivity contribution in [3.8, 4) is 0 Å². The summed E-state index contributed by atoms with van der Waals surface area (Å²) in [6.45, 7) is 3.22. The first-order valence-corrected chi connectivity index (χ1v) is 14.2. The number of carbonyl (C=O) groups excluding carboxylic acids is 2. The summed E-state index contributed by atoms with van der Waals surface area (Å²) in [5, 5.41) is 13.7. The molecule has 2 heterocycles. The zero-order valence-electron chi connectivity index (χ0n) is 21.4. The molecule has 2 saturated heterocycles. The van der Waals surface area contributed by atoms with Crippen LogP contribution in [0.4, 0.5) is 5.69 Å². The van der Waals surface area contributed by atoms with E-state index in [1.54, 1.807) is 42.5 Å². The van der Waals surface area contributed by atoms with Crippen LogP contribution in [0.5, 0.6) is 0 Å². The summed E-state index contributed by atoms with van der Waals surface area (Å²) in [4.78, 5) is 28.3. The van der Waals surface area contributed by atoms with Crippen molar-refractivity contribution in [3.63, 3.8) is 0 Å². The summed E-state index contributed by atoms with van der Waals surface area (Å²) < 4.78 is 16.5. The number of nitrogen functional groups attached to an aromatic ring is 1. The number of benzene rings is 2. The smallest absolute Gasteiger partial charge is 0.244 e. The Kier molecular flexibility index (Phi) is 9.75. The Morgan fingerprint density at radius 2 is 1.89 bits per heavy atom. The van der Waals surface area contributed by atoms with Crippen LogP contribution in [0.3, 0.4) is 0 Å². The van der Waals surface area contributed by atoms with Crippen LogP contribution in [0.25, 0.3) is 0 Å². The maximum absolute atomic E-state index is 13.7. The molecule has 2 aromatic carbocycles. The van der Waals surface area contributed by atoms with E-state index in [1.807, 2.05) is 11.0 Å². The molecule has 2 atom stereocenters. The maximum Gasteiger partial charge on any atom is 0.244 e. The topological polar surface area (TPSA) is 172 Å². The van der Waals surface area contributed by atoms with Crippen molar-refractivity contribution in [1.29, 1.82) is 5.41 Å². The van der Waals surface area contributed by atoms with Gasteiger partial charge in [-0.05, 0) is 55.5 Å². The molecular weight excluding hydrogens is 502 g/mol. The van der Waals surface area contributed by atoms with Crippen LogP contribution in [-0.4, -0.2) is 65.9 Å². The van der Waals surface area contributed by atoms with Gasteiger partial charge in [0.05, 0.1) is 17.3 Å². The van der Waals surface area contributed by atoms with E-state index >= 15 is 0 Å². The lowest BCUT2D eigenvalue weighted by Crippen LogP contribution is -2.51. The largest absolute Gasteiger partial charge is 0.593 e. The van der Waals surface area contributed by atoms with Crippen LogP contribution in [0.1, 0.15) is 30.4 Å². The van der Waals surface area contributed by atoms with Gasteiger partial charge in [0.25, 0.3) is 0 Å². The summed E-state index contributed by atoms with van der Waals surface area (Å²) >= 11 is -1.70. The number of nitrogens with two attached hydrogens (primary N) is 2. The second kappa shape index (κ2) is 13.2. The number of amidine groups is 1. The van der Waals surface area contributed by atoms with Gasteiger partial charge < -0.3 is 31.6 Å². The van der Waals surface area contributed by atoms with Crippen molar-refractivity contribution < 1.29 is 14.1 Å². The van der Waals surface area contributed by atoms with E-state index in [0.29, 0.717) is 61.2 Å². The van der Waals surface area contributed by atoms with E-state index in [4.69, 9.17) is 16.9 Å². The molecule has 0 aliphatic carbocycles. The molecule has 10 nitrogen and oxygen atoms in total. The molecule has 11 heteroatoms. The predicted octanol–water partition coefficient (Wildman–Crippen LogP) is 0.939. The monoisotopic (exact) mass is 539 g/mol. The number of carbonyl (C=O) groups is 2. The molecular formula is C27H37N7O3S. The van der Waals surface area contributed by atoms with E-state index in [-0.39, 0.29) is 23.6 Å². The van der Waals surface area contributed by atoms with Gasteiger partial charge in [-0.1, -0.05) is 24.3 Å². The molecule has 0 bridgehead atoms. The highest BCUT2D eigenvalue weighted by Crippen LogP contribution is 2.22. The molecule has 2 aliphatic heterocycles. The number of rotatable bonds is 11. The molecule has 8 N–H and O–H groups in total. The van der Waals surface area contributed by atoms with Gasteiger partial charge in [-0.2, -0.15) is 0 Å². The molecule has 2 aliphatic rings. The van der Waals surface area contributed by atoms with Gasteiger partial charge in [0.2, 0.25) is 11.8 Å². The molecule has 204 valence electrons. The molecule has 0 radical (unpaired) electrons. The quantitative estimate of drug-likeness (QED) is 0.140. The Labute approximate surface area is 226 Å². The maximum atomic E-state index is 13.7. The standard InChI is InChI=1S/C27H37N7O3S/c28-10-7-18-8-11-34(12-9-18)27(36)24(14-19-3-1-4-20(13-19)25(29)30)33-38(37)23-6-2-5-22(15-23)32-26(35)21-16-31-17-21/h1-6,13,15,18,21,24,31,33H,7-12,14,16-17,28H2,(H3,29,30)(H,32,35)/t24-,38?/m0/s1. The second-order valence-electron chi connectivity index (χ2n) is 9.98. The van der Waals surface area contributed by atoms with Gasteiger partial charge in [-0.25, -0.2) is 0 Å². The van der Waals surface area contributed by atoms with E-state index in [0.717, 1.165) is 24.8 Å². The van der Waals surface area contributed by atoms with Crippen molar-refractivity contribution >= 4 is 34.7 Å². The highest BCUT2D eigenvalue weighted by Gasteiger charge is 2.32. The number of hydrogen-bond donors (Lipinski definition) is 6. The molecule has 0 saturated carbocycles. The van der Waals surface area contributed by atoms with Crippen molar-refractivity contribution in [3.05, 3.63) is 59.7 Å². The van der Waals surface area contributed by atoms with Gasteiger partial charge in [0.1, 0.15) is 11.9 Å². The highest BCUT2D eigenvalue weighted by molar-refractivity contribution is 7.89. The third kappa shape index (κ3) is 7.33. The fourth-order valence-corrected chi connectivity index (χ4v) is 5.80. The first-order chi connectivity index (χ1) is 18.3. The average Bonchev–Trinajstić information content (AvgIpc) is 2.87. The predicted molar refractivity (Wildman–Crippen MR) is 149 cm³/mol. The number of piperidine rings is 1. The minimum Gasteiger partial charge on any atom is -0.593 e. The zero-order valence-corrected chi connectivity index (χ0v) is 22.3. The number of likely N-dealkylation sites (tertiary alicyclic amines) is 1. The summed E-state index contributed by atoms with van der Waals surface area (Å²) in [5.74, 6) is 0.218. The molecule has 2 fully saturated rings. The Morgan fingerprint density at radius 3 is 2.55 bits per heavy atom. The van der Waals surface area contributed by atoms with E-state index < -0.39 is 17.4 Å². The molecule has 1 unspecified atom stereocenters. The zero-order chi connectivity index (χ0) is 27.1. The third-order valence-corrected chi connectivity index (χ3v) is 8.37. The normalized spacial score (nSPS) is 17.9. The minimum absolute atomic E-state index is 0.0511. The van der Waals surface area contributed by atoms with Gasteiger partial charge in [-0.15, -0.1) is 4.72 Å². The lowest BCUT2D eigenvalue weighted by molar-refractivity contribution is -0.134. The fraction of sp³-hybridized carbons (Fsp3) is 0.444. The Bertz CT molecular complexity index is 1140. The SMILES string of the molecule is N=C(N)c1cccc(C[C@H](N[S+]([O-])c2cccc(NC(=O)C3CNC3)c2)C(=O)N2CCC(CCN)CC2)c1. The van der Waals surface area contributed by atoms with Crippen LogP contribution < -0.4 is 26.8 Å². The van der Waals surface area contributed by atoms with Crippen LogP contribution in [0, 0.1) is 17.2 Å². The number of nitrogens with zero attached hydrogens (tertiary/aromatic N) is 1. The molecule has 2 amide bonds. The lowest BCUT2D eigenvalue weighted by Gasteiger charge is -2.34. The minimum atomic E-state index is -1.70. The van der Waals surface area contributed by atoms with Gasteiger partial charge in [0.15, 0.2) is 4.90 Å². The Morgan fingerprint density at radius 1 is 1.16 bits per heavy atom. The van der Waals surface area contributed by atoms with E-state index in [2.05, 4.69) is 15.4 Å². The van der Waals surface area contributed by atoms with Gasteiger partial charge in [-0.3, -0.25) is 15.0 Å². The van der Waals surface area contributed by atoms with E-state index in [1.165, 1.54) is 0 Å². The van der Waals surface area contributed by atoms with Gasteiger partial charge >= 0.3 is 0 Å². The molecule has 2 aromatic rings. The van der Waals surface area contributed by atoms with Crippen molar-refractivity contribution in [1.82, 2.24) is 14.9 Å². The molecule has 38 heavy (non-hydrogen) atoms. The van der Waals surface area contributed by atoms with Crippen LogP contribution in [0.15, 0.2) is 53.4 Å². The van der Waals surface area contributed by atoms with Gasteiger partial charge in [0, 0.05) is 49.9 Å². The summed E-state index contributed by atoms with van der Waals surface area (Å²) in [6.07, 6.45) is 3.04.